The van der Waals surface area contributed by atoms with Gasteiger partial charge in [0.25, 0.3) is 11.8 Å². The molecule has 0 fully saturated rings. The number of nitrogens with zero attached hydrogens (tertiary/aromatic N) is 1. The van der Waals surface area contributed by atoms with E-state index in [0.29, 0.717) is 30.0 Å². The number of rotatable bonds is 9. The van der Waals surface area contributed by atoms with Gasteiger partial charge in [0, 0.05) is 17.0 Å². The number of amides is 2. The van der Waals surface area contributed by atoms with Crippen LogP contribution in [-0.2, 0) is 13.2 Å². The molecule has 0 saturated heterocycles. The lowest BCUT2D eigenvalue weighted by atomic mass is 10.1. The van der Waals surface area contributed by atoms with E-state index in [4.69, 9.17) is 10.5 Å². The molecule has 2 amide bonds. The second kappa shape index (κ2) is 9.71. The van der Waals surface area contributed by atoms with E-state index in [2.05, 4.69) is 6.58 Å². The maximum Gasteiger partial charge on any atom is 0.254 e. The van der Waals surface area contributed by atoms with Gasteiger partial charge in [-0.1, -0.05) is 36.4 Å². The van der Waals surface area contributed by atoms with E-state index < -0.39 is 5.91 Å². The normalized spacial score (nSPS) is 10.3. The molecule has 3 aromatic rings. The molecule has 0 aliphatic rings. The van der Waals surface area contributed by atoms with E-state index in [-0.39, 0.29) is 12.5 Å². The fourth-order valence-corrected chi connectivity index (χ4v) is 3.62. The predicted molar refractivity (Wildman–Crippen MR) is 115 cm³/mol. The molecule has 1 aromatic heterocycles. The summed E-state index contributed by atoms with van der Waals surface area (Å²) in [5.41, 5.74) is 7.12. The van der Waals surface area contributed by atoms with Crippen LogP contribution in [0, 0.1) is 0 Å². The molecule has 2 aromatic carbocycles. The van der Waals surface area contributed by atoms with Crippen molar-refractivity contribution >= 4 is 23.2 Å². The zero-order valence-electron chi connectivity index (χ0n) is 15.9. The molecule has 0 unspecified atom stereocenters. The average molecular weight is 407 g/mol. The van der Waals surface area contributed by atoms with Gasteiger partial charge in [-0.15, -0.1) is 17.9 Å². The summed E-state index contributed by atoms with van der Waals surface area (Å²) in [7, 11) is 0. The average Bonchev–Trinajstić information content (AvgIpc) is 3.25. The molecule has 0 bridgehead atoms. The van der Waals surface area contributed by atoms with E-state index in [9.17, 15) is 9.59 Å². The van der Waals surface area contributed by atoms with Gasteiger partial charge < -0.3 is 15.4 Å². The fourth-order valence-electron chi connectivity index (χ4n) is 2.90. The van der Waals surface area contributed by atoms with Crippen LogP contribution in [0.3, 0.4) is 0 Å². The second-order valence-electron chi connectivity index (χ2n) is 6.40. The first-order valence-corrected chi connectivity index (χ1v) is 9.99. The van der Waals surface area contributed by atoms with Gasteiger partial charge in [0.1, 0.15) is 12.4 Å². The van der Waals surface area contributed by atoms with Crippen LogP contribution in [0.25, 0.3) is 0 Å². The van der Waals surface area contributed by atoms with Crippen molar-refractivity contribution < 1.29 is 14.3 Å². The molecule has 1 heterocycles. The van der Waals surface area contributed by atoms with Gasteiger partial charge in [-0.25, -0.2) is 0 Å². The summed E-state index contributed by atoms with van der Waals surface area (Å²) in [4.78, 5) is 27.4. The van der Waals surface area contributed by atoms with Crippen LogP contribution >= 0.6 is 11.3 Å². The molecule has 5 nitrogen and oxygen atoms in total. The highest BCUT2D eigenvalue weighted by atomic mass is 32.1. The van der Waals surface area contributed by atoms with Crippen molar-refractivity contribution in [1.82, 2.24) is 4.90 Å². The molecule has 148 valence electrons. The Morgan fingerprint density at radius 2 is 1.93 bits per heavy atom. The summed E-state index contributed by atoms with van der Waals surface area (Å²) in [5.74, 6) is -0.196. The maximum absolute atomic E-state index is 13.0. The Kier molecular flexibility index (Phi) is 6.81. The number of benzene rings is 2. The number of hydrogen-bond acceptors (Lipinski definition) is 4. The molecule has 29 heavy (non-hydrogen) atoms. The van der Waals surface area contributed by atoms with E-state index in [0.717, 1.165) is 10.4 Å². The van der Waals surface area contributed by atoms with Crippen molar-refractivity contribution in [2.45, 2.75) is 13.2 Å². The number of carbonyl (C=O) groups is 2. The number of para-hydroxylation sites is 1. The van der Waals surface area contributed by atoms with Crippen LogP contribution in [0.5, 0.6) is 5.75 Å². The molecule has 0 aliphatic heterocycles. The number of hydrogen-bond donors (Lipinski definition) is 1. The van der Waals surface area contributed by atoms with Crippen LogP contribution in [0.1, 0.15) is 31.2 Å². The van der Waals surface area contributed by atoms with Crippen LogP contribution in [0.15, 0.2) is 78.7 Å². The van der Waals surface area contributed by atoms with Gasteiger partial charge in [-0.3, -0.25) is 9.59 Å². The highest BCUT2D eigenvalue weighted by molar-refractivity contribution is 7.09. The molecule has 2 N–H and O–H groups in total. The zero-order chi connectivity index (χ0) is 20.6. The van der Waals surface area contributed by atoms with Crippen molar-refractivity contribution in [1.29, 1.82) is 0 Å². The topological polar surface area (TPSA) is 72.6 Å². The lowest BCUT2D eigenvalue weighted by Gasteiger charge is -2.21. The second-order valence-corrected chi connectivity index (χ2v) is 7.44. The van der Waals surface area contributed by atoms with E-state index in [1.165, 1.54) is 0 Å². The summed E-state index contributed by atoms with van der Waals surface area (Å²) < 4.78 is 5.77. The molecular weight excluding hydrogens is 384 g/mol. The first kappa shape index (κ1) is 20.4. The third-order valence-corrected chi connectivity index (χ3v) is 5.15. The molecule has 0 aliphatic carbocycles. The van der Waals surface area contributed by atoms with Crippen molar-refractivity contribution in [3.8, 4) is 5.75 Å². The van der Waals surface area contributed by atoms with Crippen molar-refractivity contribution in [3.05, 3.63) is 100 Å². The van der Waals surface area contributed by atoms with Gasteiger partial charge in [0.05, 0.1) is 12.1 Å². The Morgan fingerprint density at radius 3 is 2.66 bits per heavy atom. The van der Waals surface area contributed by atoms with Crippen LogP contribution in [0.4, 0.5) is 0 Å². The molecule has 0 atom stereocenters. The number of ether oxygens (including phenoxy) is 1. The lowest BCUT2D eigenvalue weighted by molar-refractivity contribution is 0.0764. The molecule has 3 rings (SSSR count). The summed E-state index contributed by atoms with van der Waals surface area (Å²) in [6.07, 6.45) is 1.72. The minimum Gasteiger partial charge on any atom is -0.488 e. The van der Waals surface area contributed by atoms with Crippen LogP contribution in [0.2, 0.25) is 0 Å². The van der Waals surface area contributed by atoms with Crippen molar-refractivity contribution in [2.24, 2.45) is 5.73 Å². The Morgan fingerprint density at radius 1 is 1.10 bits per heavy atom. The molecular formula is C23H22N2O3S. The lowest BCUT2D eigenvalue weighted by Crippen LogP contribution is -2.30. The van der Waals surface area contributed by atoms with E-state index in [1.807, 2.05) is 29.6 Å². The molecule has 6 heteroatoms. The SMILES string of the molecule is C=CCN(Cc1cccs1)C(=O)c1cccc(COc2ccccc2C(N)=O)c1. The minimum absolute atomic E-state index is 0.0716. The highest BCUT2D eigenvalue weighted by Gasteiger charge is 2.16. The van der Waals surface area contributed by atoms with Gasteiger partial charge in [-0.2, -0.15) is 0 Å². The molecule has 0 saturated carbocycles. The van der Waals surface area contributed by atoms with E-state index in [1.54, 1.807) is 58.7 Å². The Balaban J connectivity index is 1.73. The quantitative estimate of drug-likeness (QED) is 0.540. The molecule has 0 spiro atoms. The number of nitrogens with two attached hydrogens (primary N) is 1. The maximum atomic E-state index is 13.0. The number of primary amides is 1. The third-order valence-electron chi connectivity index (χ3n) is 4.28. The Labute approximate surface area is 174 Å². The fraction of sp³-hybridized carbons (Fsp3) is 0.130. The first-order chi connectivity index (χ1) is 14.1. The summed E-state index contributed by atoms with van der Waals surface area (Å²) in [6.45, 7) is 4.98. The van der Waals surface area contributed by atoms with E-state index >= 15 is 0 Å². The van der Waals surface area contributed by atoms with Crippen molar-refractivity contribution in [3.63, 3.8) is 0 Å². The van der Waals surface area contributed by atoms with Gasteiger partial charge >= 0.3 is 0 Å². The first-order valence-electron chi connectivity index (χ1n) is 9.11. The smallest absolute Gasteiger partial charge is 0.254 e. The largest absolute Gasteiger partial charge is 0.488 e. The summed E-state index contributed by atoms with van der Waals surface area (Å²) in [6, 6.07) is 18.1. The Hall–Kier alpha value is -3.38. The monoisotopic (exact) mass is 406 g/mol. The van der Waals surface area contributed by atoms with Crippen molar-refractivity contribution in [2.75, 3.05) is 6.54 Å². The van der Waals surface area contributed by atoms with Gasteiger partial charge in [-0.05, 0) is 41.3 Å². The third kappa shape index (κ3) is 5.33. The molecule has 0 radical (unpaired) electrons. The highest BCUT2D eigenvalue weighted by Crippen LogP contribution is 2.20. The summed E-state index contributed by atoms with van der Waals surface area (Å²) in [5, 5.41) is 1.99. The van der Waals surface area contributed by atoms with Gasteiger partial charge in [0.15, 0.2) is 0 Å². The minimum atomic E-state index is -0.543. The summed E-state index contributed by atoms with van der Waals surface area (Å²) >= 11 is 1.62. The predicted octanol–water partition coefficient (Wildman–Crippen LogP) is 4.25. The Bertz CT molecular complexity index is 999. The zero-order valence-corrected chi connectivity index (χ0v) is 16.7. The van der Waals surface area contributed by atoms with Crippen LogP contribution in [-0.4, -0.2) is 23.3 Å². The van der Waals surface area contributed by atoms with Crippen LogP contribution < -0.4 is 10.5 Å². The van der Waals surface area contributed by atoms with Gasteiger partial charge in [0.2, 0.25) is 0 Å². The standard InChI is InChI=1S/C23H22N2O3S/c1-2-12-25(15-19-9-6-13-29-19)23(27)18-8-5-7-17(14-18)16-28-21-11-4-3-10-20(21)22(24)26/h2-11,13-14H,1,12,15-16H2,(H2,24,26). The number of thiophene rings is 1. The number of carbonyl (C=O) groups excluding carboxylic acids is 2.